The fraction of sp³-hybridized carbons (Fsp3) is 0.214. The smallest absolute Gasteiger partial charge is 0.486 e. The first-order chi connectivity index (χ1) is 19.5. The Hall–Kier alpha value is -4.00. The molecule has 0 saturated carbocycles. The molecule has 2 aliphatic heterocycles. The van der Waals surface area contributed by atoms with E-state index in [1.807, 2.05) is 54.6 Å². The molecule has 208 valence electrons. The number of methoxy groups -OCH3 is 2. The number of fused-ring (bicyclic) bond motifs is 2. The van der Waals surface area contributed by atoms with Crippen molar-refractivity contribution in [1.29, 1.82) is 0 Å². The molecule has 0 fully saturated rings. The summed E-state index contributed by atoms with van der Waals surface area (Å²) >= 11 is 3.38. The van der Waals surface area contributed by atoms with Gasteiger partial charge < -0.3 is 38.5 Å². The zero-order valence-corrected chi connectivity index (χ0v) is 23.5. The van der Waals surface area contributed by atoms with Crippen LogP contribution in [0, 0.1) is 0 Å². The number of hydrogen-bond donors (Lipinski definition) is 2. The van der Waals surface area contributed by atoms with Gasteiger partial charge >= 0.3 is 7.12 Å². The van der Waals surface area contributed by atoms with E-state index in [0.717, 1.165) is 38.7 Å². The zero-order chi connectivity index (χ0) is 28.3. The molecule has 0 unspecified atom stereocenters. The van der Waals surface area contributed by atoms with Crippen LogP contribution < -0.4 is 34.0 Å². The van der Waals surface area contributed by atoms with Crippen molar-refractivity contribution >= 4 is 28.6 Å². The van der Waals surface area contributed by atoms with Crippen molar-refractivity contribution in [2.24, 2.45) is 0 Å². The second-order valence-corrected chi connectivity index (χ2v) is 8.99. The standard InChI is InChI=1S/C14H13NO3.C8H7BrO2.C6H8BNO3/c1-16-13-7-3-5-11(15-13)10-4-2-6-12-14(10)18-9-8-17-12;9-6-2-1-3-7-8(6)11-5-4-10-7;1-11-6-4-2-3-5(8-6)7(9)10/h2-7H,8-9H2,1H3;1-3H,4-5H2;2-4,9-10H,1H3. The molecular formula is C28H28BBrN2O8. The van der Waals surface area contributed by atoms with Crippen LogP contribution in [0.4, 0.5) is 0 Å². The molecule has 2 aromatic carbocycles. The fourth-order valence-corrected chi connectivity index (χ4v) is 4.14. The SMILES string of the molecule is Brc1cccc2c1OCCO2.COc1cccc(-c2cccc3c2OCCO3)n1.COc1cccc(B(O)O)n1. The van der Waals surface area contributed by atoms with Crippen LogP contribution in [0.2, 0.25) is 0 Å². The average Bonchev–Trinajstić information content (AvgIpc) is 3.02. The first-order valence-corrected chi connectivity index (χ1v) is 13.1. The fourth-order valence-electron chi connectivity index (χ4n) is 3.68. The van der Waals surface area contributed by atoms with E-state index in [2.05, 4.69) is 25.9 Å². The summed E-state index contributed by atoms with van der Waals surface area (Å²) in [6.07, 6.45) is 0. The molecule has 2 aromatic heterocycles. The summed E-state index contributed by atoms with van der Waals surface area (Å²) in [5, 5.41) is 17.4. The van der Waals surface area contributed by atoms with Crippen LogP contribution in [-0.2, 0) is 0 Å². The number of rotatable bonds is 4. The Balaban J connectivity index is 0.000000146. The van der Waals surface area contributed by atoms with Gasteiger partial charge in [0.25, 0.3) is 0 Å². The Labute approximate surface area is 240 Å². The maximum absolute atomic E-state index is 8.68. The number of pyridine rings is 2. The minimum atomic E-state index is -1.54. The van der Waals surface area contributed by atoms with Crippen LogP contribution in [0.5, 0.6) is 34.8 Å². The van der Waals surface area contributed by atoms with E-state index in [9.17, 15) is 0 Å². The summed E-state index contributed by atoms with van der Waals surface area (Å²) in [5.41, 5.74) is 1.92. The third kappa shape index (κ3) is 7.56. The highest BCUT2D eigenvalue weighted by Gasteiger charge is 2.18. The van der Waals surface area contributed by atoms with E-state index in [-0.39, 0.29) is 5.59 Å². The number of para-hydroxylation sites is 2. The third-order valence-corrected chi connectivity index (χ3v) is 6.14. The normalized spacial score (nSPS) is 12.5. The topological polar surface area (TPSA) is 122 Å². The molecule has 0 atom stereocenters. The molecule has 6 rings (SSSR count). The van der Waals surface area contributed by atoms with Crippen molar-refractivity contribution in [3.63, 3.8) is 0 Å². The second kappa shape index (κ2) is 14.4. The predicted molar refractivity (Wildman–Crippen MR) is 153 cm³/mol. The van der Waals surface area contributed by atoms with E-state index in [1.54, 1.807) is 19.2 Å². The number of nitrogens with zero attached hydrogens (tertiary/aromatic N) is 2. The van der Waals surface area contributed by atoms with Crippen LogP contribution >= 0.6 is 15.9 Å². The molecular weight excluding hydrogens is 583 g/mol. The molecule has 0 spiro atoms. The highest BCUT2D eigenvalue weighted by molar-refractivity contribution is 9.10. The highest BCUT2D eigenvalue weighted by Crippen LogP contribution is 2.39. The van der Waals surface area contributed by atoms with Gasteiger partial charge in [-0.2, -0.15) is 0 Å². The molecule has 0 aliphatic carbocycles. The summed E-state index contributed by atoms with van der Waals surface area (Å²) in [5.74, 6) is 4.12. The largest absolute Gasteiger partial charge is 0.508 e. The van der Waals surface area contributed by atoms with Gasteiger partial charge in [-0.25, -0.2) is 9.97 Å². The Morgan fingerprint density at radius 1 is 0.675 bits per heavy atom. The summed E-state index contributed by atoms with van der Waals surface area (Å²) in [4.78, 5) is 8.18. The molecule has 10 nitrogen and oxygen atoms in total. The lowest BCUT2D eigenvalue weighted by atomic mass is 9.86. The number of halogens is 1. The number of benzene rings is 2. The van der Waals surface area contributed by atoms with Crippen LogP contribution in [0.15, 0.2) is 77.3 Å². The number of hydrogen-bond acceptors (Lipinski definition) is 10. The molecule has 4 aromatic rings. The van der Waals surface area contributed by atoms with Gasteiger partial charge in [0.05, 0.1) is 30.0 Å². The third-order valence-electron chi connectivity index (χ3n) is 5.51. The van der Waals surface area contributed by atoms with Crippen molar-refractivity contribution in [1.82, 2.24) is 9.97 Å². The van der Waals surface area contributed by atoms with Gasteiger partial charge in [0.2, 0.25) is 11.8 Å². The van der Waals surface area contributed by atoms with Gasteiger partial charge in [-0.3, -0.25) is 0 Å². The van der Waals surface area contributed by atoms with Crippen LogP contribution in [0.1, 0.15) is 0 Å². The second-order valence-electron chi connectivity index (χ2n) is 8.14. The molecule has 4 heterocycles. The monoisotopic (exact) mass is 610 g/mol. The van der Waals surface area contributed by atoms with E-state index < -0.39 is 7.12 Å². The molecule has 0 amide bonds. The lowest BCUT2D eigenvalue weighted by Gasteiger charge is -2.20. The van der Waals surface area contributed by atoms with Gasteiger partial charge in [0.1, 0.15) is 26.4 Å². The Kier molecular flexibility index (Phi) is 10.4. The molecule has 0 saturated heterocycles. The summed E-state index contributed by atoms with van der Waals surface area (Å²) in [7, 11) is 1.53. The Morgan fingerprint density at radius 2 is 1.23 bits per heavy atom. The van der Waals surface area contributed by atoms with Crippen LogP contribution in [0.3, 0.4) is 0 Å². The maximum atomic E-state index is 8.68. The minimum Gasteiger partial charge on any atom is -0.486 e. The molecule has 40 heavy (non-hydrogen) atoms. The first-order valence-electron chi connectivity index (χ1n) is 12.3. The number of aromatic nitrogens is 2. The lowest BCUT2D eigenvalue weighted by molar-refractivity contribution is 0.170. The minimum absolute atomic E-state index is 0.185. The molecule has 0 radical (unpaired) electrons. The van der Waals surface area contributed by atoms with Crippen LogP contribution in [0.25, 0.3) is 11.3 Å². The van der Waals surface area contributed by atoms with Crippen LogP contribution in [-0.4, -0.2) is 67.8 Å². The quantitative estimate of drug-likeness (QED) is 0.332. The Bertz CT molecular complexity index is 1410. The van der Waals surface area contributed by atoms with Gasteiger partial charge in [0.15, 0.2) is 23.0 Å². The molecule has 2 aliphatic rings. The van der Waals surface area contributed by atoms with E-state index >= 15 is 0 Å². The van der Waals surface area contributed by atoms with Gasteiger partial charge in [-0.15, -0.1) is 0 Å². The summed E-state index contributed by atoms with van der Waals surface area (Å²) < 4.78 is 32.8. The average molecular weight is 611 g/mol. The molecule has 0 bridgehead atoms. The lowest BCUT2D eigenvalue weighted by Crippen LogP contribution is -2.32. The number of ether oxygens (including phenoxy) is 6. The summed E-state index contributed by atoms with van der Waals surface area (Å²) in [6, 6.07) is 22.0. The highest BCUT2D eigenvalue weighted by atomic mass is 79.9. The van der Waals surface area contributed by atoms with E-state index in [0.29, 0.717) is 38.2 Å². The van der Waals surface area contributed by atoms with E-state index in [1.165, 1.54) is 13.2 Å². The van der Waals surface area contributed by atoms with Gasteiger partial charge in [-0.1, -0.05) is 24.3 Å². The van der Waals surface area contributed by atoms with Gasteiger partial charge in [0, 0.05) is 17.7 Å². The first kappa shape index (κ1) is 29.0. The van der Waals surface area contributed by atoms with Crippen molar-refractivity contribution < 1.29 is 38.5 Å². The van der Waals surface area contributed by atoms with E-state index in [4.69, 9.17) is 38.5 Å². The molecule has 2 N–H and O–H groups in total. The van der Waals surface area contributed by atoms with Crippen molar-refractivity contribution in [3.05, 3.63) is 77.3 Å². The Morgan fingerprint density at radius 3 is 1.88 bits per heavy atom. The maximum Gasteiger partial charge on any atom is 0.508 e. The molecule has 12 heteroatoms. The summed E-state index contributed by atoms with van der Waals surface area (Å²) in [6.45, 7) is 2.43. The van der Waals surface area contributed by atoms with Crippen molar-refractivity contribution in [3.8, 4) is 46.0 Å². The predicted octanol–water partition coefficient (Wildman–Crippen LogP) is 3.52. The van der Waals surface area contributed by atoms with Crippen molar-refractivity contribution in [2.75, 3.05) is 40.6 Å². The van der Waals surface area contributed by atoms with Gasteiger partial charge in [-0.05, 0) is 52.3 Å². The zero-order valence-electron chi connectivity index (χ0n) is 22.0. The van der Waals surface area contributed by atoms with Crippen molar-refractivity contribution in [2.45, 2.75) is 0 Å².